The molecule has 1 aliphatic heterocycles. The summed E-state index contributed by atoms with van der Waals surface area (Å²) in [6, 6.07) is 19.5. The second-order valence-corrected chi connectivity index (χ2v) is 9.46. The van der Waals surface area contributed by atoms with Crippen LogP contribution < -0.4 is 4.90 Å². The number of nitrogens with zero attached hydrogens (tertiary/aromatic N) is 2. The van der Waals surface area contributed by atoms with Crippen molar-refractivity contribution in [2.45, 2.75) is 6.04 Å². The number of rotatable bonds is 4. The quantitative estimate of drug-likeness (QED) is 0.194. The number of carbonyl (C=O) groups excluding carboxylic acids is 2. The van der Waals surface area contributed by atoms with Crippen LogP contribution in [0.5, 0.6) is 5.75 Å². The molecule has 1 saturated heterocycles. The van der Waals surface area contributed by atoms with Crippen LogP contribution in [0.1, 0.15) is 17.2 Å². The van der Waals surface area contributed by atoms with Gasteiger partial charge in [-0.15, -0.1) is 11.3 Å². The lowest BCUT2D eigenvalue weighted by Gasteiger charge is -2.25. The minimum Gasteiger partial charge on any atom is -0.508 e. The number of carbonyl (C=O) groups is 2. The second-order valence-electron chi connectivity index (χ2n) is 7.65. The number of benzene rings is 3. The predicted octanol–water partition coefficient (Wildman–Crippen LogP) is 5.90. The molecule has 3 aromatic carbocycles. The third kappa shape index (κ3) is 3.91. The fraction of sp³-hybridized carbons (Fsp3) is 0.0385. The number of hydrogen-bond acceptors (Lipinski definition) is 6. The van der Waals surface area contributed by atoms with Crippen LogP contribution in [-0.4, -0.2) is 26.9 Å². The van der Waals surface area contributed by atoms with Crippen LogP contribution in [0.25, 0.3) is 16.3 Å². The summed E-state index contributed by atoms with van der Waals surface area (Å²) in [5, 5.41) is 23.6. The Morgan fingerprint density at radius 2 is 1.62 bits per heavy atom. The maximum atomic E-state index is 13.2. The summed E-state index contributed by atoms with van der Waals surface area (Å²) in [4.78, 5) is 32.1. The third-order valence-corrected chi connectivity index (χ3v) is 6.95. The van der Waals surface area contributed by atoms with E-state index in [1.54, 1.807) is 42.6 Å². The van der Waals surface area contributed by atoms with Gasteiger partial charge in [0, 0.05) is 32.9 Å². The highest BCUT2D eigenvalue weighted by Crippen LogP contribution is 2.43. The highest BCUT2D eigenvalue weighted by molar-refractivity contribution is 9.10. The lowest BCUT2D eigenvalue weighted by atomic mass is 9.94. The van der Waals surface area contributed by atoms with E-state index >= 15 is 0 Å². The summed E-state index contributed by atoms with van der Waals surface area (Å²) >= 11 is 4.88. The fourth-order valence-electron chi connectivity index (χ4n) is 3.96. The van der Waals surface area contributed by atoms with Crippen molar-refractivity contribution in [3.05, 3.63) is 106 Å². The Labute approximate surface area is 207 Å². The van der Waals surface area contributed by atoms with E-state index in [2.05, 4.69) is 20.9 Å². The van der Waals surface area contributed by atoms with Crippen LogP contribution in [0.2, 0.25) is 0 Å². The lowest BCUT2D eigenvalue weighted by Crippen LogP contribution is -2.29. The van der Waals surface area contributed by atoms with Crippen LogP contribution in [0, 0.1) is 0 Å². The fourth-order valence-corrected chi connectivity index (χ4v) is 4.87. The van der Waals surface area contributed by atoms with Crippen molar-refractivity contribution in [2.24, 2.45) is 0 Å². The first-order valence-corrected chi connectivity index (χ1v) is 12.0. The number of aromatic hydroxyl groups is 1. The van der Waals surface area contributed by atoms with Gasteiger partial charge in [0.1, 0.15) is 16.5 Å². The zero-order chi connectivity index (χ0) is 23.8. The highest BCUT2D eigenvalue weighted by atomic mass is 79.9. The van der Waals surface area contributed by atoms with E-state index in [0.717, 1.165) is 15.0 Å². The Morgan fingerprint density at radius 3 is 2.24 bits per heavy atom. The molecule has 2 N–H and O–H groups in total. The molecular weight excluding hydrogens is 516 g/mol. The first kappa shape index (κ1) is 22.1. The molecule has 1 unspecified atom stereocenters. The molecule has 4 aromatic rings. The summed E-state index contributed by atoms with van der Waals surface area (Å²) in [6.07, 6.45) is 1.73. The van der Waals surface area contributed by atoms with Gasteiger partial charge in [-0.05, 0) is 42.0 Å². The predicted molar refractivity (Wildman–Crippen MR) is 135 cm³/mol. The molecule has 0 saturated carbocycles. The Bertz CT molecular complexity index is 1400. The number of aliphatic hydroxyl groups excluding tert-OH is 1. The summed E-state index contributed by atoms with van der Waals surface area (Å²) in [7, 11) is 0. The molecular formula is C26H17BrN2O4S. The number of hydrogen-bond donors (Lipinski definition) is 2. The largest absolute Gasteiger partial charge is 0.508 e. The van der Waals surface area contributed by atoms with Crippen LogP contribution in [0.4, 0.5) is 5.69 Å². The standard InChI is InChI=1S/C26H17BrN2O4S/c27-18-7-5-16(6-8-18)23(31)21-22(15-1-3-17(4-2-15)25-28-13-14-34-25)29(26(33)24(21)32)19-9-11-20(30)12-10-19/h1-14,22,30-31H. The number of phenols is 1. The van der Waals surface area contributed by atoms with Gasteiger partial charge in [0.05, 0.1) is 11.6 Å². The van der Waals surface area contributed by atoms with E-state index in [0.29, 0.717) is 16.8 Å². The summed E-state index contributed by atoms with van der Waals surface area (Å²) in [5.74, 6) is -1.73. The van der Waals surface area contributed by atoms with E-state index in [4.69, 9.17) is 0 Å². The molecule has 168 valence electrons. The van der Waals surface area contributed by atoms with Gasteiger partial charge in [-0.3, -0.25) is 14.5 Å². The van der Waals surface area contributed by atoms with Crippen molar-refractivity contribution >= 4 is 50.4 Å². The summed E-state index contributed by atoms with van der Waals surface area (Å²) < 4.78 is 0.822. The molecule has 2 heterocycles. The molecule has 8 heteroatoms. The molecule has 1 atom stereocenters. The van der Waals surface area contributed by atoms with Crippen LogP contribution in [-0.2, 0) is 9.59 Å². The van der Waals surface area contributed by atoms with Crippen LogP contribution >= 0.6 is 27.3 Å². The van der Waals surface area contributed by atoms with E-state index in [-0.39, 0.29) is 17.1 Å². The Hall–Kier alpha value is -3.75. The van der Waals surface area contributed by atoms with Gasteiger partial charge in [-0.2, -0.15) is 0 Å². The minimum atomic E-state index is -0.849. The van der Waals surface area contributed by atoms with E-state index in [1.807, 2.05) is 29.6 Å². The maximum Gasteiger partial charge on any atom is 0.300 e. The zero-order valence-corrected chi connectivity index (χ0v) is 20.0. The molecule has 6 nitrogen and oxygen atoms in total. The smallest absolute Gasteiger partial charge is 0.300 e. The Balaban J connectivity index is 1.67. The average Bonchev–Trinajstić information content (AvgIpc) is 3.47. The molecule has 34 heavy (non-hydrogen) atoms. The number of amides is 1. The number of Topliss-reactive ketones (excluding diaryl/α,β-unsaturated/α-hetero) is 1. The van der Waals surface area contributed by atoms with E-state index < -0.39 is 17.7 Å². The van der Waals surface area contributed by atoms with Crippen LogP contribution in [0.15, 0.2) is 94.4 Å². The molecule has 0 spiro atoms. The van der Waals surface area contributed by atoms with Crippen molar-refractivity contribution in [2.75, 3.05) is 4.90 Å². The molecule has 0 aliphatic carbocycles. The molecule has 1 fully saturated rings. The normalized spacial score (nSPS) is 17.3. The number of aromatic nitrogens is 1. The van der Waals surface area contributed by atoms with Crippen molar-refractivity contribution in [1.82, 2.24) is 4.98 Å². The highest BCUT2D eigenvalue weighted by Gasteiger charge is 2.47. The summed E-state index contributed by atoms with van der Waals surface area (Å²) in [5.41, 5.74) is 2.43. The van der Waals surface area contributed by atoms with Gasteiger partial charge < -0.3 is 10.2 Å². The van der Waals surface area contributed by atoms with E-state index in [9.17, 15) is 19.8 Å². The molecule has 1 aliphatic rings. The number of ketones is 1. The first-order chi connectivity index (χ1) is 16.4. The molecule has 5 rings (SSSR count). The van der Waals surface area contributed by atoms with Crippen LogP contribution in [0.3, 0.4) is 0 Å². The Kier molecular flexibility index (Phi) is 5.77. The number of aliphatic hydroxyl groups is 1. The van der Waals surface area contributed by atoms with Crippen molar-refractivity contribution in [3.8, 4) is 16.3 Å². The number of thiazole rings is 1. The second kappa shape index (κ2) is 8.89. The lowest BCUT2D eigenvalue weighted by molar-refractivity contribution is -0.132. The van der Waals surface area contributed by atoms with Crippen molar-refractivity contribution in [3.63, 3.8) is 0 Å². The first-order valence-electron chi connectivity index (χ1n) is 10.3. The van der Waals surface area contributed by atoms with E-state index in [1.165, 1.54) is 28.4 Å². The maximum absolute atomic E-state index is 13.2. The topological polar surface area (TPSA) is 90.7 Å². The van der Waals surface area contributed by atoms with Gasteiger partial charge in [0.15, 0.2) is 0 Å². The van der Waals surface area contributed by atoms with Gasteiger partial charge in [0.2, 0.25) is 0 Å². The molecule has 0 bridgehead atoms. The SMILES string of the molecule is O=C1C(=O)N(c2ccc(O)cc2)C(c2ccc(-c3nccs3)cc2)C1=C(O)c1ccc(Br)cc1. The van der Waals surface area contributed by atoms with Gasteiger partial charge in [0.25, 0.3) is 11.7 Å². The van der Waals surface area contributed by atoms with Gasteiger partial charge >= 0.3 is 0 Å². The minimum absolute atomic E-state index is 0.00222. The number of halogens is 1. The zero-order valence-electron chi connectivity index (χ0n) is 17.6. The van der Waals surface area contributed by atoms with Crippen molar-refractivity contribution < 1.29 is 19.8 Å². The molecule has 1 aromatic heterocycles. The number of phenolic OH excluding ortho intramolecular Hbond substituents is 1. The van der Waals surface area contributed by atoms with Gasteiger partial charge in [-0.25, -0.2) is 4.98 Å². The third-order valence-electron chi connectivity index (χ3n) is 5.60. The average molecular weight is 533 g/mol. The van der Waals surface area contributed by atoms with Gasteiger partial charge in [-0.1, -0.05) is 52.3 Å². The van der Waals surface area contributed by atoms with Crippen molar-refractivity contribution in [1.29, 1.82) is 0 Å². The monoisotopic (exact) mass is 532 g/mol. The molecule has 1 amide bonds. The summed E-state index contributed by atoms with van der Waals surface area (Å²) in [6.45, 7) is 0. The number of anilines is 1. The molecule has 0 radical (unpaired) electrons. The Morgan fingerprint density at radius 1 is 0.941 bits per heavy atom.